The van der Waals surface area contributed by atoms with Gasteiger partial charge in [0.1, 0.15) is 6.10 Å². The van der Waals surface area contributed by atoms with Crippen LogP contribution in [0.3, 0.4) is 0 Å². The summed E-state index contributed by atoms with van der Waals surface area (Å²) in [6, 6.07) is 12.3. The van der Waals surface area contributed by atoms with E-state index in [1.165, 1.54) is 0 Å². The lowest BCUT2D eigenvalue weighted by Gasteiger charge is -2.31. The van der Waals surface area contributed by atoms with E-state index >= 15 is 0 Å². The molecule has 2 aliphatic heterocycles. The van der Waals surface area contributed by atoms with Crippen LogP contribution in [0.1, 0.15) is 24.8 Å². The van der Waals surface area contributed by atoms with Crippen LogP contribution in [0.25, 0.3) is 11.1 Å². The summed E-state index contributed by atoms with van der Waals surface area (Å²) >= 11 is 0. The molecule has 2 aromatic rings. The molecule has 0 bridgehead atoms. The van der Waals surface area contributed by atoms with E-state index in [4.69, 9.17) is 4.74 Å². The fourth-order valence-corrected chi connectivity index (χ4v) is 4.70. The maximum Gasteiger partial charge on any atom is 0.251 e. The van der Waals surface area contributed by atoms with Gasteiger partial charge >= 0.3 is 0 Å². The molecule has 2 aliphatic rings. The topological polar surface area (TPSA) is 62.7 Å². The molecule has 0 saturated carbocycles. The molecule has 158 valence electrons. The Morgan fingerprint density at radius 2 is 2.00 bits per heavy atom. The second kappa shape index (κ2) is 8.56. The number of nitrogens with zero attached hydrogens (tertiary/aromatic N) is 3. The molecule has 2 saturated heterocycles. The van der Waals surface area contributed by atoms with Gasteiger partial charge in [-0.25, -0.2) is 0 Å². The molecule has 3 heterocycles. The average molecular weight is 408 g/mol. The van der Waals surface area contributed by atoms with Crippen molar-refractivity contribution < 1.29 is 14.3 Å². The normalized spacial score (nSPS) is 23.5. The highest BCUT2D eigenvalue weighted by atomic mass is 16.5. The van der Waals surface area contributed by atoms with Crippen LogP contribution in [0.2, 0.25) is 0 Å². The Labute approximate surface area is 177 Å². The molecule has 0 unspecified atom stereocenters. The molecule has 1 aromatic carbocycles. The quantitative estimate of drug-likeness (QED) is 0.765. The first-order valence-corrected chi connectivity index (χ1v) is 10.6. The number of pyridine rings is 1. The first kappa shape index (κ1) is 20.5. The second-order valence-corrected chi connectivity index (χ2v) is 8.60. The van der Waals surface area contributed by atoms with Gasteiger partial charge in [0.05, 0.1) is 5.41 Å². The van der Waals surface area contributed by atoms with E-state index in [2.05, 4.69) is 23.2 Å². The standard InChI is InChI=1S/C24H29N3O3/c1-26(2)23(29)24(10-13-27(17-24)22(28)21-7-4-14-30-21)16-18-5-3-6-20(15-18)19-8-11-25-12-9-19/h3,5-6,8-9,11-12,15,21H,4,7,10,13-14,16-17H2,1-2H3/t21-,24-/m1/s1. The molecule has 1 aromatic heterocycles. The summed E-state index contributed by atoms with van der Waals surface area (Å²) in [6.07, 6.45) is 6.20. The molecule has 0 aliphatic carbocycles. The molecule has 6 nitrogen and oxygen atoms in total. The fourth-order valence-electron chi connectivity index (χ4n) is 4.70. The highest BCUT2D eigenvalue weighted by molar-refractivity contribution is 5.87. The van der Waals surface area contributed by atoms with Gasteiger partial charge in [-0.2, -0.15) is 0 Å². The van der Waals surface area contributed by atoms with E-state index in [-0.39, 0.29) is 17.9 Å². The summed E-state index contributed by atoms with van der Waals surface area (Å²) in [7, 11) is 3.59. The minimum Gasteiger partial charge on any atom is -0.368 e. The summed E-state index contributed by atoms with van der Waals surface area (Å²) in [4.78, 5) is 33.7. The minimum atomic E-state index is -0.603. The molecule has 2 atom stereocenters. The van der Waals surface area contributed by atoms with Crippen LogP contribution in [-0.2, 0) is 20.7 Å². The number of likely N-dealkylation sites (tertiary alicyclic amines) is 1. The largest absolute Gasteiger partial charge is 0.368 e. The smallest absolute Gasteiger partial charge is 0.251 e. The number of carbonyl (C=O) groups is 2. The highest BCUT2D eigenvalue weighted by Gasteiger charge is 2.47. The Bertz CT molecular complexity index is 909. The zero-order valence-electron chi connectivity index (χ0n) is 17.7. The number of ether oxygens (including phenoxy) is 1. The summed E-state index contributed by atoms with van der Waals surface area (Å²) in [5.41, 5.74) is 2.70. The lowest BCUT2D eigenvalue weighted by Crippen LogP contribution is -2.46. The van der Waals surface area contributed by atoms with Crippen molar-refractivity contribution in [2.45, 2.75) is 31.8 Å². The lowest BCUT2D eigenvalue weighted by molar-refractivity contribution is -0.142. The van der Waals surface area contributed by atoms with Crippen molar-refractivity contribution >= 4 is 11.8 Å². The number of carbonyl (C=O) groups excluding carboxylic acids is 2. The maximum atomic E-state index is 13.3. The van der Waals surface area contributed by atoms with Crippen molar-refractivity contribution in [2.24, 2.45) is 5.41 Å². The van der Waals surface area contributed by atoms with Gasteiger partial charge in [-0.1, -0.05) is 24.3 Å². The van der Waals surface area contributed by atoms with E-state index in [1.54, 1.807) is 31.4 Å². The first-order valence-electron chi connectivity index (χ1n) is 10.6. The molecule has 2 amide bonds. The highest BCUT2D eigenvalue weighted by Crippen LogP contribution is 2.37. The molecular weight excluding hydrogens is 378 g/mol. The van der Waals surface area contributed by atoms with Crippen LogP contribution in [0.4, 0.5) is 0 Å². The number of aromatic nitrogens is 1. The van der Waals surface area contributed by atoms with Gasteiger partial charge < -0.3 is 14.5 Å². The zero-order valence-corrected chi connectivity index (χ0v) is 17.7. The fraction of sp³-hybridized carbons (Fsp3) is 0.458. The van der Waals surface area contributed by atoms with Gasteiger partial charge in [-0.3, -0.25) is 14.6 Å². The Balaban J connectivity index is 1.58. The van der Waals surface area contributed by atoms with E-state index in [9.17, 15) is 9.59 Å². The predicted octanol–water partition coefficient (Wildman–Crippen LogP) is 2.78. The van der Waals surface area contributed by atoms with E-state index in [1.807, 2.05) is 23.1 Å². The van der Waals surface area contributed by atoms with Crippen molar-refractivity contribution in [2.75, 3.05) is 33.8 Å². The number of rotatable bonds is 5. The van der Waals surface area contributed by atoms with Crippen LogP contribution in [0, 0.1) is 5.41 Å². The number of hydrogen-bond acceptors (Lipinski definition) is 4. The summed E-state index contributed by atoms with van der Waals surface area (Å²) in [5.74, 6) is 0.117. The summed E-state index contributed by atoms with van der Waals surface area (Å²) in [6.45, 7) is 1.69. The molecule has 0 spiro atoms. The van der Waals surface area contributed by atoms with Crippen LogP contribution in [0.15, 0.2) is 48.8 Å². The van der Waals surface area contributed by atoms with Crippen LogP contribution in [0.5, 0.6) is 0 Å². The van der Waals surface area contributed by atoms with Gasteiger partial charge in [0.2, 0.25) is 5.91 Å². The van der Waals surface area contributed by atoms with Crippen molar-refractivity contribution in [1.29, 1.82) is 0 Å². The van der Waals surface area contributed by atoms with Crippen LogP contribution < -0.4 is 0 Å². The van der Waals surface area contributed by atoms with Crippen LogP contribution in [-0.4, -0.2) is 66.5 Å². The third-order valence-corrected chi connectivity index (χ3v) is 6.21. The van der Waals surface area contributed by atoms with Gasteiger partial charge in [0.25, 0.3) is 5.91 Å². The Morgan fingerprint density at radius 3 is 2.70 bits per heavy atom. The molecular formula is C24H29N3O3. The van der Waals surface area contributed by atoms with Crippen LogP contribution >= 0.6 is 0 Å². The average Bonchev–Trinajstić information content (AvgIpc) is 3.45. The maximum absolute atomic E-state index is 13.3. The van der Waals surface area contributed by atoms with Crippen molar-refractivity contribution in [3.05, 3.63) is 54.4 Å². The number of benzene rings is 1. The third-order valence-electron chi connectivity index (χ3n) is 6.21. The monoisotopic (exact) mass is 407 g/mol. The van der Waals surface area contributed by atoms with Gasteiger partial charge in [-0.05, 0) is 54.5 Å². The second-order valence-electron chi connectivity index (χ2n) is 8.60. The molecule has 4 rings (SSSR count). The van der Waals surface area contributed by atoms with E-state index in [0.717, 1.165) is 29.5 Å². The van der Waals surface area contributed by atoms with E-state index < -0.39 is 5.41 Å². The summed E-state index contributed by atoms with van der Waals surface area (Å²) < 4.78 is 5.59. The van der Waals surface area contributed by atoms with Crippen molar-refractivity contribution in [1.82, 2.24) is 14.8 Å². The van der Waals surface area contributed by atoms with Gasteiger partial charge in [-0.15, -0.1) is 0 Å². The molecule has 0 N–H and O–H groups in total. The Morgan fingerprint density at radius 1 is 1.20 bits per heavy atom. The molecule has 6 heteroatoms. The predicted molar refractivity (Wildman–Crippen MR) is 115 cm³/mol. The van der Waals surface area contributed by atoms with Crippen molar-refractivity contribution in [3.63, 3.8) is 0 Å². The van der Waals surface area contributed by atoms with Gasteiger partial charge in [0, 0.05) is 46.2 Å². The number of amides is 2. The minimum absolute atomic E-state index is 0.0338. The molecule has 30 heavy (non-hydrogen) atoms. The molecule has 2 fully saturated rings. The Kier molecular flexibility index (Phi) is 5.86. The Hall–Kier alpha value is -2.73. The zero-order chi connectivity index (χ0) is 21.1. The first-order chi connectivity index (χ1) is 14.5. The third kappa shape index (κ3) is 4.10. The van der Waals surface area contributed by atoms with Crippen molar-refractivity contribution in [3.8, 4) is 11.1 Å². The SMILES string of the molecule is CN(C)C(=O)[C@@]1(Cc2cccc(-c3ccncc3)c2)CCN(C(=O)[C@H]2CCCO2)C1. The van der Waals surface area contributed by atoms with Gasteiger partial charge in [0.15, 0.2) is 0 Å². The molecule has 0 radical (unpaired) electrons. The number of hydrogen-bond donors (Lipinski definition) is 0. The summed E-state index contributed by atoms with van der Waals surface area (Å²) in [5, 5.41) is 0. The van der Waals surface area contributed by atoms with E-state index in [0.29, 0.717) is 32.5 Å². The lowest BCUT2D eigenvalue weighted by atomic mass is 9.79.